The van der Waals surface area contributed by atoms with Gasteiger partial charge in [0.05, 0.1) is 0 Å². The van der Waals surface area contributed by atoms with Crippen molar-refractivity contribution >= 4 is 7.60 Å². The van der Waals surface area contributed by atoms with Gasteiger partial charge in [0, 0.05) is 14.2 Å². The Hall–Kier alpha value is 0.110. The Morgan fingerprint density at radius 2 is 1.75 bits per heavy atom. The van der Waals surface area contributed by atoms with Crippen molar-refractivity contribution < 1.29 is 13.6 Å². The van der Waals surface area contributed by atoms with Crippen LogP contribution in [0.2, 0.25) is 0 Å². The smallest absolute Gasteiger partial charge is 0.318 e. The van der Waals surface area contributed by atoms with Crippen molar-refractivity contribution in [3.05, 3.63) is 0 Å². The first-order valence-corrected chi connectivity index (χ1v) is 5.54. The molecule has 0 spiro atoms. The van der Waals surface area contributed by atoms with Crippen LogP contribution in [0.3, 0.4) is 0 Å². The number of hydrogen-bond donors (Lipinski definition) is 1. The van der Waals surface area contributed by atoms with Crippen LogP contribution >= 0.6 is 7.60 Å². The van der Waals surface area contributed by atoms with Gasteiger partial charge in [0.2, 0.25) is 0 Å². The van der Waals surface area contributed by atoms with Crippen molar-refractivity contribution in [1.82, 2.24) is 0 Å². The molecule has 0 radical (unpaired) electrons. The molecule has 74 valence electrons. The molecule has 5 heteroatoms. The van der Waals surface area contributed by atoms with E-state index in [9.17, 15) is 4.57 Å². The van der Waals surface area contributed by atoms with E-state index in [1.807, 2.05) is 13.8 Å². The highest BCUT2D eigenvalue weighted by atomic mass is 31.2. The molecule has 0 saturated heterocycles. The van der Waals surface area contributed by atoms with Crippen LogP contribution in [0.5, 0.6) is 0 Å². The molecule has 0 aromatic heterocycles. The van der Waals surface area contributed by atoms with Gasteiger partial charge in [-0.1, -0.05) is 13.8 Å². The Bertz CT molecular complexity index is 164. The van der Waals surface area contributed by atoms with E-state index < -0.39 is 13.4 Å². The predicted molar refractivity (Wildman–Crippen MR) is 49.1 cm³/mol. The molecule has 0 fully saturated rings. The van der Waals surface area contributed by atoms with Crippen LogP contribution in [0.1, 0.15) is 20.3 Å². The molecule has 0 saturated carbocycles. The Balaban J connectivity index is 4.22. The zero-order chi connectivity index (χ0) is 9.78. The standard InChI is InChI=1S/C7H18NO3P/c1-6(2)5-7(8)12(9,10-3)11-4/h6-7H,5,8H2,1-4H3/t7-/m1/s1. The minimum absolute atomic E-state index is 0.388. The first-order chi connectivity index (χ1) is 5.46. The van der Waals surface area contributed by atoms with Crippen LogP contribution in [0.25, 0.3) is 0 Å². The summed E-state index contributed by atoms with van der Waals surface area (Å²) in [6.07, 6.45) is 0.638. The number of hydrogen-bond acceptors (Lipinski definition) is 4. The lowest BCUT2D eigenvalue weighted by atomic mass is 10.1. The molecule has 0 aromatic carbocycles. The van der Waals surface area contributed by atoms with Gasteiger partial charge in [0.1, 0.15) is 5.78 Å². The molecule has 0 amide bonds. The minimum atomic E-state index is -3.05. The molecular formula is C7H18NO3P. The van der Waals surface area contributed by atoms with E-state index in [4.69, 9.17) is 14.8 Å². The fourth-order valence-corrected chi connectivity index (χ4v) is 2.33. The van der Waals surface area contributed by atoms with Gasteiger partial charge in [-0.05, 0) is 12.3 Å². The second kappa shape index (κ2) is 4.97. The summed E-state index contributed by atoms with van der Waals surface area (Å²) in [5.74, 6) is -0.133. The van der Waals surface area contributed by atoms with Crippen molar-refractivity contribution in [2.24, 2.45) is 11.7 Å². The van der Waals surface area contributed by atoms with Crippen molar-refractivity contribution in [3.8, 4) is 0 Å². The van der Waals surface area contributed by atoms with Crippen LogP contribution in [-0.4, -0.2) is 20.0 Å². The molecule has 0 aromatic rings. The zero-order valence-electron chi connectivity index (χ0n) is 8.11. The topological polar surface area (TPSA) is 61.5 Å². The highest BCUT2D eigenvalue weighted by Crippen LogP contribution is 2.51. The van der Waals surface area contributed by atoms with Gasteiger partial charge < -0.3 is 14.8 Å². The first-order valence-electron chi connectivity index (χ1n) is 3.93. The highest BCUT2D eigenvalue weighted by molar-refractivity contribution is 7.54. The van der Waals surface area contributed by atoms with E-state index in [0.29, 0.717) is 12.3 Å². The highest BCUT2D eigenvalue weighted by Gasteiger charge is 2.30. The monoisotopic (exact) mass is 195 g/mol. The Labute approximate surface area is 74.0 Å². The van der Waals surface area contributed by atoms with Crippen LogP contribution in [0.4, 0.5) is 0 Å². The van der Waals surface area contributed by atoms with Gasteiger partial charge in [0.25, 0.3) is 0 Å². The summed E-state index contributed by atoms with van der Waals surface area (Å²) in [4.78, 5) is 0. The quantitative estimate of drug-likeness (QED) is 0.679. The second-order valence-electron chi connectivity index (χ2n) is 3.10. The molecule has 0 rings (SSSR count). The molecule has 0 aliphatic carbocycles. The molecule has 0 aliphatic heterocycles. The summed E-state index contributed by atoms with van der Waals surface area (Å²) in [7, 11) is -0.345. The minimum Gasteiger partial charge on any atom is -0.318 e. The van der Waals surface area contributed by atoms with Crippen LogP contribution < -0.4 is 5.73 Å². The maximum Gasteiger partial charge on any atom is 0.346 e. The van der Waals surface area contributed by atoms with E-state index in [2.05, 4.69) is 0 Å². The summed E-state index contributed by atoms with van der Waals surface area (Å²) < 4.78 is 21.1. The third-order valence-corrected chi connectivity index (χ3v) is 3.67. The van der Waals surface area contributed by atoms with E-state index in [1.54, 1.807) is 0 Å². The maximum absolute atomic E-state index is 11.6. The van der Waals surface area contributed by atoms with Crippen molar-refractivity contribution in [2.75, 3.05) is 14.2 Å². The summed E-state index contributed by atoms with van der Waals surface area (Å²) in [6, 6.07) is 0. The largest absolute Gasteiger partial charge is 0.346 e. The van der Waals surface area contributed by atoms with E-state index in [-0.39, 0.29) is 0 Å². The predicted octanol–water partition coefficient (Wildman–Crippen LogP) is 1.80. The summed E-state index contributed by atoms with van der Waals surface area (Å²) in [5.41, 5.74) is 5.66. The van der Waals surface area contributed by atoms with E-state index >= 15 is 0 Å². The zero-order valence-corrected chi connectivity index (χ0v) is 9.01. The lowest BCUT2D eigenvalue weighted by molar-refractivity contribution is 0.261. The van der Waals surface area contributed by atoms with Crippen LogP contribution in [0, 0.1) is 5.92 Å². The Morgan fingerprint density at radius 3 is 2.00 bits per heavy atom. The lowest BCUT2D eigenvalue weighted by Gasteiger charge is -2.21. The average molecular weight is 195 g/mol. The maximum atomic E-state index is 11.6. The Kier molecular flexibility index (Phi) is 5.02. The molecule has 0 unspecified atom stereocenters. The van der Waals surface area contributed by atoms with Gasteiger partial charge in [-0.3, -0.25) is 4.57 Å². The molecule has 2 N–H and O–H groups in total. The van der Waals surface area contributed by atoms with Crippen molar-refractivity contribution in [3.63, 3.8) is 0 Å². The SMILES string of the molecule is COP(=O)(OC)[C@@H](N)CC(C)C. The number of rotatable bonds is 5. The van der Waals surface area contributed by atoms with Crippen LogP contribution in [-0.2, 0) is 13.6 Å². The van der Waals surface area contributed by atoms with Crippen molar-refractivity contribution in [1.29, 1.82) is 0 Å². The summed E-state index contributed by atoms with van der Waals surface area (Å²) in [6.45, 7) is 4.02. The number of nitrogens with two attached hydrogens (primary N) is 1. The molecular weight excluding hydrogens is 177 g/mol. The van der Waals surface area contributed by atoms with Crippen LogP contribution in [0.15, 0.2) is 0 Å². The molecule has 0 heterocycles. The summed E-state index contributed by atoms with van der Waals surface area (Å²) in [5, 5.41) is 0. The van der Waals surface area contributed by atoms with E-state index in [1.165, 1.54) is 14.2 Å². The van der Waals surface area contributed by atoms with Gasteiger partial charge in [-0.2, -0.15) is 0 Å². The molecule has 0 aliphatic rings. The summed E-state index contributed by atoms with van der Waals surface area (Å²) >= 11 is 0. The van der Waals surface area contributed by atoms with Gasteiger partial charge in [-0.15, -0.1) is 0 Å². The average Bonchev–Trinajstić information content (AvgIpc) is 2.02. The molecule has 12 heavy (non-hydrogen) atoms. The van der Waals surface area contributed by atoms with Gasteiger partial charge in [0.15, 0.2) is 0 Å². The second-order valence-corrected chi connectivity index (χ2v) is 5.58. The van der Waals surface area contributed by atoms with Crippen molar-refractivity contribution in [2.45, 2.75) is 26.1 Å². The van der Waals surface area contributed by atoms with E-state index in [0.717, 1.165) is 0 Å². The molecule has 4 nitrogen and oxygen atoms in total. The normalized spacial score (nSPS) is 15.2. The fourth-order valence-electron chi connectivity index (χ4n) is 0.957. The fraction of sp³-hybridized carbons (Fsp3) is 1.00. The van der Waals surface area contributed by atoms with Gasteiger partial charge in [-0.25, -0.2) is 0 Å². The van der Waals surface area contributed by atoms with Gasteiger partial charge >= 0.3 is 7.60 Å². The molecule has 1 atom stereocenters. The third-order valence-electron chi connectivity index (χ3n) is 1.63. The first kappa shape index (κ1) is 12.1. The molecule has 0 bridgehead atoms. The Morgan fingerprint density at radius 1 is 1.33 bits per heavy atom. The third kappa shape index (κ3) is 3.23. The lowest BCUT2D eigenvalue weighted by Crippen LogP contribution is -2.23.